The Hall–Kier alpha value is -2.73. The van der Waals surface area contributed by atoms with Crippen molar-refractivity contribution in [2.75, 3.05) is 12.0 Å². The molecule has 0 saturated carbocycles. The van der Waals surface area contributed by atoms with Crippen molar-refractivity contribution < 1.29 is 14.3 Å². The molecule has 0 bridgehead atoms. The molecule has 118 valence electrons. The minimum atomic E-state index is -0.509. The predicted octanol–water partition coefficient (Wildman–Crippen LogP) is 1.51. The molecule has 1 fully saturated rings. The second-order valence-corrected chi connectivity index (χ2v) is 5.26. The number of imide groups is 1. The van der Waals surface area contributed by atoms with Gasteiger partial charge in [0.05, 0.1) is 25.3 Å². The minimum absolute atomic E-state index is 0.158. The standard InChI is InChI=1S/C17H17N3O3/c1-23-14-6-4-13(5-7-14)20-16(21)9-15(17(20)22)19-11-12-3-2-8-18-10-12/h2-8,10,15,19H,9,11H2,1H3. The van der Waals surface area contributed by atoms with Gasteiger partial charge in [-0.05, 0) is 35.9 Å². The van der Waals surface area contributed by atoms with Gasteiger partial charge in [0.1, 0.15) is 5.75 Å². The van der Waals surface area contributed by atoms with Crippen molar-refractivity contribution in [3.8, 4) is 5.75 Å². The zero-order chi connectivity index (χ0) is 16.2. The van der Waals surface area contributed by atoms with Crippen LogP contribution in [0.3, 0.4) is 0 Å². The third-order valence-electron chi connectivity index (χ3n) is 3.75. The molecule has 0 radical (unpaired) electrons. The van der Waals surface area contributed by atoms with Gasteiger partial charge in [-0.1, -0.05) is 6.07 Å². The van der Waals surface area contributed by atoms with Crippen LogP contribution in [0.2, 0.25) is 0 Å². The fraction of sp³-hybridized carbons (Fsp3) is 0.235. The fourth-order valence-electron chi connectivity index (χ4n) is 2.54. The predicted molar refractivity (Wildman–Crippen MR) is 85.0 cm³/mol. The maximum atomic E-state index is 12.5. The van der Waals surface area contributed by atoms with Gasteiger partial charge in [0.25, 0.3) is 5.91 Å². The molecule has 1 aliphatic rings. The van der Waals surface area contributed by atoms with Gasteiger partial charge in [-0.25, -0.2) is 4.90 Å². The van der Waals surface area contributed by atoms with Crippen LogP contribution in [-0.4, -0.2) is 29.9 Å². The van der Waals surface area contributed by atoms with Crippen LogP contribution in [0.1, 0.15) is 12.0 Å². The molecule has 1 aromatic carbocycles. The van der Waals surface area contributed by atoms with Crippen LogP contribution in [0.25, 0.3) is 0 Å². The SMILES string of the molecule is COc1ccc(N2C(=O)CC(NCc3cccnc3)C2=O)cc1. The number of methoxy groups -OCH3 is 1. The highest BCUT2D eigenvalue weighted by Gasteiger charge is 2.39. The first-order valence-corrected chi connectivity index (χ1v) is 7.32. The molecule has 2 heterocycles. The summed E-state index contributed by atoms with van der Waals surface area (Å²) in [6.45, 7) is 0.494. The maximum Gasteiger partial charge on any atom is 0.251 e. The third-order valence-corrected chi connectivity index (χ3v) is 3.75. The number of carbonyl (C=O) groups excluding carboxylic acids is 2. The Balaban J connectivity index is 1.69. The average molecular weight is 311 g/mol. The van der Waals surface area contributed by atoms with Gasteiger partial charge in [-0.3, -0.25) is 14.6 Å². The number of amides is 2. The first-order chi connectivity index (χ1) is 11.2. The second-order valence-electron chi connectivity index (χ2n) is 5.26. The number of benzene rings is 1. The van der Waals surface area contributed by atoms with Crippen LogP contribution in [-0.2, 0) is 16.1 Å². The topological polar surface area (TPSA) is 71.5 Å². The van der Waals surface area contributed by atoms with E-state index in [4.69, 9.17) is 4.74 Å². The number of carbonyl (C=O) groups is 2. The van der Waals surface area contributed by atoms with Crippen molar-refractivity contribution in [3.63, 3.8) is 0 Å². The van der Waals surface area contributed by atoms with Crippen molar-refractivity contribution in [2.24, 2.45) is 0 Å². The zero-order valence-corrected chi connectivity index (χ0v) is 12.7. The highest BCUT2D eigenvalue weighted by atomic mass is 16.5. The summed E-state index contributed by atoms with van der Waals surface area (Å²) >= 11 is 0. The molecule has 1 aliphatic heterocycles. The molecule has 3 rings (SSSR count). The molecule has 1 N–H and O–H groups in total. The fourth-order valence-corrected chi connectivity index (χ4v) is 2.54. The molecule has 1 aromatic heterocycles. The number of nitrogens with one attached hydrogen (secondary N) is 1. The lowest BCUT2D eigenvalue weighted by atomic mass is 10.2. The van der Waals surface area contributed by atoms with E-state index in [1.54, 1.807) is 43.8 Å². The van der Waals surface area contributed by atoms with E-state index < -0.39 is 6.04 Å². The van der Waals surface area contributed by atoms with Crippen molar-refractivity contribution in [1.29, 1.82) is 0 Å². The van der Waals surface area contributed by atoms with E-state index in [-0.39, 0.29) is 18.2 Å². The largest absolute Gasteiger partial charge is 0.497 e. The average Bonchev–Trinajstić information content (AvgIpc) is 2.88. The summed E-state index contributed by atoms with van der Waals surface area (Å²) < 4.78 is 5.09. The van der Waals surface area contributed by atoms with Crippen LogP contribution < -0.4 is 15.0 Å². The van der Waals surface area contributed by atoms with E-state index in [1.807, 2.05) is 12.1 Å². The third kappa shape index (κ3) is 3.22. The molecular weight excluding hydrogens is 294 g/mol. The Morgan fingerprint density at radius 3 is 2.70 bits per heavy atom. The molecule has 2 amide bonds. The molecular formula is C17H17N3O3. The monoisotopic (exact) mass is 311 g/mol. The van der Waals surface area contributed by atoms with Crippen LogP contribution in [0, 0.1) is 0 Å². The molecule has 1 saturated heterocycles. The smallest absolute Gasteiger partial charge is 0.251 e. The number of hydrogen-bond acceptors (Lipinski definition) is 5. The lowest BCUT2D eigenvalue weighted by Gasteiger charge is -2.16. The number of aromatic nitrogens is 1. The van der Waals surface area contributed by atoms with E-state index in [1.165, 1.54) is 4.90 Å². The van der Waals surface area contributed by atoms with Gasteiger partial charge in [-0.15, -0.1) is 0 Å². The Bertz CT molecular complexity index is 701. The summed E-state index contributed by atoms with van der Waals surface area (Å²) in [4.78, 5) is 29.9. The maximum absolute atomic E-state index is 12.5. The van der Waals surface area contributed by atoms with Crippen molar-refractivity contribution in [2.45, 2.75) is 19.0 Å². The van der Waals surface area contributed by atoms with E-state index in [0.717, 1.165) is 5.56 Å². The Kier molecular flexibility index (Phi) is 4.34. The zero-order valence-electron chi connectivity index (χ0n) is 12.7. The number of nitrogens with zero attached hydrogens (tertiary/aromatic N) is 2. The van der Waals surface area contributed by atoms with Gasteiger partial charge in [0, 0.05) is 18.9 Å². The number of hydrogen-bond donors (Lipinski definition) is 1. The Labute approximate surface area is 134 Å². The summed E-state index contributed by atoms with van der Waals surface area (Å²) in [7, 11) is 1.57. The van der Waals surface area contributed by atoms with Crippen LogP contribution in [0.4, 0.5) is 5.69 Å². The van der Waals surface area contributed by atoms with Crippen molar-refractivity contribution >= 4 is 17.5 Å². The highest BCUT2D eigenvalue weighted by molar-refractivity contribution is 6.22. The summed E-state index contributed by atoms with van der Waals surface area (Å²) in [6.07, 6.45) is 3.58. The number of ether oxygens (including phenoxy) is 1. The molecule has 1 atom stereocenters. The van der Waals surface area contributed by atoms with Crippen LogP contribution in [0.15, 0.2) is 48.8 Å². The van der Waals surface area contributed by atoms with E-state index in [0.29, 0.717) is 18.0 Å². The quantitative estimate of drug-likeness (QED) is 0.848. The molecule has 1 unspecified atom stereocenters. The summed E-state index contributed by atoms with van der Waals surface area (Å²) in [5, 5.41) is 3.12. The normalized spacial score (nSPS) is 17.6. The molecule has 6 nitrogen and oxygen atoms in total. The van der Waals surface area contributed by atoms with Gasteiger partial charge in [0.2, 0.25) is 5.91 Å². The molecule has 0 spiro atoms. The number of anilines is 1. The summed E-state index contributed by atoms with van der Waals surface area (Å²) in [6, 6.07) is 10.1. The lowest BCUT2D eigenvalue weighted by Crippen LogP contribution is -2.38. The summed E-state index contributed by atoms with van der Waals surface area (Å²) in [5.41, 5.74) is 1.53. The van der Waals surface area contributed by atoms with Crippen LogP contribution >= 0.6 is 0 Å². The molecule has 2 aromatic rings. The van der Waals surface area contributed by atoms with Crippen molar-refractivity contribution in [1.82, 2.24) is 10.3 Å². The minimum Gasteiger partial charge on any atom is -0.497 e. The number of rotatable bonds is 5. The van der Waals surface area contributed by atoms with Gasteiger partial charge in [0.15, 0.2) is 0 Å². The summed E-state index contributed by atoms with van der Waals surface area (Å²) in [5.74, 6) is 0.243. The first-order valence-electron chi connectivity index (χ1n) is 7.32. The van der Waals surface area contributed by atoms with Gasteiger partial charge >= 0.3 is 0 Å². The van der Waals surface area contributed by atoms with Crippen molar-refractivity contribution in [3.05, 3.63) is 54.4 Å². The molecule has 6 heteroatoms. The molecule has 23 heavy (non-hydrogen) atoms. The van der Waals surface area contributed by atoms with Gasteiger partial charge < -0.3 is 10.1 Å². The highest BCUT2D eigenvalue weighted by Crippen LogP contribution is 2.25. The Morgan fingerprint density at radius 1 is 1.26 bits per heavy atom. The number of pyridine rings is 1. The Morgan fingerprint density at radius 2 is 2.04 bits per heavy atom. The van der Waals surface area contributed by atoms with Gasteiger partial charge in [-0.2, -0.15) is 0 Å². The lowest BCUT2D eigenvalue weighted by molar-refractivity contribution is -0.121. The second kappa shape index (κ2) is 6.58. The van der Waals surface area contributed by atoms with E-state index >= 15 is 0 Å². The van der Waals surface area contributed by atoms with Crippen LogP contribution in [0.5, 0.6) is 5.75 Å². The molecule has 0 aliphatic carbocycles. The van der Waals surface area contributed by atoms with E-state index in [2.05, 4.69) is 10.3 Å². The first kappa shape index (κ1) is 15.2. The van der Waals surface area contributed by atoms with E-state index in [9.17, 15) is 9.59 Å².